The number of hydrogen-bond donors (Lipinski definition) is 2. The second-order valence-electron chi connectivity index (χ2n) is 6.47. The quantitative estimate of drug-likeness (QED) is 0.369. The van der Waals surface area contributed by atoms with Crippen LogP contribution in [0.1, 0.15) is 33.1 Å². The molecule has 0 aromatic heterocycles. The minimum Gasteiger partial charge on any atom is -0.383 e. The maximum atomic E-state index is 11.8. The van der Waals surface area contributed by atoms with E-state index in [1.165, 1.54) is 0 Å². The molecule has 0 bridgehead atoms. The predicted octanol–water partition coefficient (Wildman–Crippen LogP) is 0.850. The van der Waals surface area contributed by atoms with Gasteiger partial charge >= 0.3 is 0 Å². The SMILES string of the molecule is CCC1(CC)C(NC(=NCC(=O)N(C)C)NCCOC)CC1OC. The van der Waals surface area contributed by atoms with Crippen LogP contribution in [0.3, 0.4) is 0 Å². The van der Waals surface area contributed by atoms with Gasteiger partial charge in [-0.1, -0.05) is 13.8 Å². The van der Waals surface area contributed by atoms with Gasteiger partial charge in [-0.05, 0) is 19.3 Å². The first-order valence-corrected chi connectivity index (χ1v) is 8.71. The summed E-state index contributed by atoms with van der Waals surface area (Å²) in [6.45, 7) is 5.76. The lowest BCUT2D eigenvalue weighted by Gasteiger charge is -2.55. The smallest absolute Gasteiger partial charge is 0.243 e. The second kappa shape index (κ2) is 9.84. The van der Waals surface area contributed by atoms with Crippen LogP contribution in [0.4, 0.5) is 0 Å². The summed E-state index contributed by atoms with van der Waals surface area (Å²) in [6, 6.07) is 0.292. The summed E-state index contributed by atoms with van der Waals surface area (Å²) in [5.41, 5.74) is 0.115. The lowest BCUT2D eigenvalue weighted by atomic mass is 9.58. The lowest BCUT2D eigenvalue weighted by Crippen LogP contribution is -2.65. The average molecular weight is 342 g/mol. The minimum atomic E-state index is -0.0246. The number of nitrogens with zero attached hydrogens (tertiary/aromatic N) is 2. The number of aliphatic imine (C=N–C) groups is 1. The Morgan fingerprint density at radius 2 is 1.96 bits per heavy atom. The van der Waals surface area contributed by atoms with Crippen molar-refractivity contribution in [1.82, 2.24) is 15.5 Å². The summed E-state index contributed by atoms with van der Waals surface area (Å²) >= 11 is 0. The monoisotopic (exact) mass is 342 g/mol. The number of hydrogen-bond acceptors (Lipinski definition) is 4. The van der Waals surface area contributed by atoms with Gasteiger partial charge in [-0.15, -0.1) is 0 Å². The van der Waals surface area contributed by atoms with Crippen molar-refractivity contribution >= 4 is 11.9 Å². The van der Waals surface area contributed by atoms with Crippen molar-refractivity contribution < 1.29 is 14.3 Å². The maximum Gasteiger partial charge on any atom is 0.243 e. The van der Waals surface area contributed by atoms with Gasteiger partial charge in [-0.3, -0.25) is 4.79 Å². The summed E-state index contributed by atoms with van der Waals surface area (Å²) in [5, 5.41) is 6.73. The fourth-order valence-electron chi connectivity index (χ4n) is 3.36. The summed E-state index contributed by atoms with van der Waals surface area (Å²) < 4.78 is 10.7. The van der Waals surface area contributed by atoms with Gasteiger partial charge < -0.3 is 25.0 Å². The second-order valence-corrected chi connectivity index (χ2v) is 6.47. The number of nitrogens with one attached hydrogen (secondary N) is 2. The van der Waals surface area contributed by atoms with Crippen LogP contribution in [0.2, 0.25) is 0 Å². The molecule has 140 valence electrons. The molecule has 1 aliphatic carbocycles. The lowest BCUT2D eigenvalue weighted by molar-refractivity contribution is -0.127. The Hall–Kier alpha value is -1.34. The highest BCUT2D eigenvalue weighted by Crippen LogP contribution is 2.48. The highest BCUT2D eigenvalue weighted by molar-refractivity contribution is 5.85. The van der Waals surface area contributed by atoms with Gasteiger partial charge in [0.1, 0.15) is 6.54 Å². The van der Waals surface area contributed by atoms with Crippen molar-refractivity contribution in [3.05, 3.63) is 0 Å². The van der Waals surface area contributed by atoms with Gasteiger partial charge in [0, 0.05) is 46.3 Å². The Balaban J connectivity index is 2.76. The fourth-order valence-corrected chi connectivity index (χ4v) is 3.36. The van der Waals surface area contributed by atoms with Crippen LogP contribution in [0.25, 0.3) is 0 Å². The number of likely N-dealkylation sites (N-methyl/N-ethyl adjacent to an activating group) is 1. The molecule has 2 N–H and O–H groups in total. The summed E-state index contributed by atoms with van der Waals surface area (Å²) in [6.07, 6.45) is 3.31. The largest absolute Gasteiger partial charge is 0.383 e. The Kier molecular flexibility index (Phi) is 8.48. The van der Waals surface area contributed by atoms with E-state index in [9.17, 15) is 4.79 Å². The van der Waals surface area contributed by atoms with Crippen molar-refractivity contribution in [1.29, 1.82) is 0 Å². The number of carbonyl (C=O) groups is 1. The van der Waals surface area contributed by atoms with Gasteiger partial charge in [0.25, 0.3) is 0 Å². The van der Waals surface area contributed by atoms with Crippen LogP contribution < -0.4 is 10.6 Å². The van der Waals surface area contributed by atoms with E-state index in [-0.39, 0.29) is 24.0 Å². The van der Waals surface area contributed by atoms with Crippen molar-refractivity contribution in [2.45, 2.75) is 45.3 Å². The molecule has 1 saturated carbocycles. The molecule has 1 fully saturated rings. The van der Waals surface area contributed by atoms with Crippen molar-refractivity contribution in [2.24, 2.45) is 10.4 Å². The van der Waals surface area contributed by atoms with E-state index in [1.54, 1.807) is 33.2 Å². The number of ether oxygens (including phenoxy) is 2. The molecule has 1 aliphatic rings. The molecule has 1 amide bonds. The van der Waals surface area contributed by atoms with Gasteiger partial charge in [0.2, 0.25) is 5.91 Å². The normalized spacial score (nSPS) is 22.7. The zero-order valence-electron chi connectivity index (χ0n) is 16.0. The van der Waals surface area contributed by atoms with Gasteiger partial charge in [0.05, 0.1) is 12.7 Å². The number of carbonyl (C=O) groups excluding carboxylic acids is 1. The molecule has 24 heavy (non-hydrogen) atoms. The molecule has 0 saturated heterocycles. The van der Waals surface area contributed by atoms with E-state index in [0.717, 1.165) is 19.3 Å². The van der Waals surface area contributed by atoms with Crippen LogP contribution in [-0.4, -0.2) is 76.9 Å². The first-order chi connectivity index (χ1) is 11.4. The summed E-state index contributed by atoms with van der Waals surface area (Å²) in [7, 11) is 6.91. The molecule has 0 aromatic carbocycles. The fraction of sp³-hybridized carbons (Fsp3) is 0.882. The number of amides is 1. The van der Waals surface area contributed by atoms with Crippen molar-refractivity contribution in [2.75, 3.05) is 48.0 Å². The predicted molar refractivity (Wildman–Crippen MR) is 96.2 cm³/mol. The zero-order valence-corrected chi connectivity index (χ0v) is 16.0. The first kappa shape index (κ1) is 20.7. The average Bonchev–Trinajstić information content (AvgIpc) is 2.56. The highest BCUT2D eigenvalue weighted by atomic mass is 16.5. The minimum absolute atomic E-state index is 0.0246. The molecule has 2 atom stereocenters. The Morgan fingerprint density at radius 3 is 2.46 bits per heavy atom. The van der Waals surface area contributed by atoms with E-state index >= 15 is 0 Å². The Morgan fingerprint density at radius 1 is 1.29 bits per heavy atom. The molecule has 0 aliphatic heterocycles. The zero-order chi connectivity index (χ0) is 18.2. The van der Waals surface area contributed by atoms with Gasteiger partial charge in [-0.2, -0.15) is 0 Å². The Bertz CT molecular complexity index is 422. The number of guanidine groups is 1. The summed E-state index contributed by atoms with van der Waals surface area (Å²) in [5.74, 6) is 0.636. The van der Waals surface area contributed by atoms with Crippen LogP contribution in [-0.2, 0) is 14.3 Å². The molecule has 2 unspecified atom stereocenters. The highest BCUT2D eigenvalue weighted by Gasteiger charge is 2.53. The molecule has 0 heterocycles. The van der Waals surface area contributed by atoms with Gasteiger partial charge in [0.15, 0.2) is 5.96 Å². The maximum absolute atomic E-state index is 11.8. The van der Waals surface area contributed by atoms with Crippen LogP contribution in [0.5, 0.6) is 0 Å². The van der Waals surface area contributed by atoms with Crippen LogP contribution in [0, 0.1) is 5.41 Å². The van der Waals surface area contributed by atoms with E-state index in [1.807, 2.05) is 0 Å². The van der Waals surface area contributed by atoms with Crippen molar-refractivity contribution in [3.63, 3.8) is 0 Å². The van der Waals surface area contributed by atoms with E-state index in [2.05, 4.69) is 29.5 Å². The molecular weight excluding hydrogens is 308 g/mol. The van der Waals surface area contributed by atoms with E-state index < -0.39 is 0 Å². The van der Waals surface area contributed by atoms with E-state index in [0.29, 0.717) is 25.2 Å². The number of methoxy groups -OCH3 is 2. The molecule has 0 radical (unpaired) electrons. The third kappa shape index (κ3) is 4.83. The molecule has 0 aromatic rings. The summed E-state index contributed by atoms with van der Waals surface area (Å²) in [4.78, 5) is 17.8. The third-order valence-corrected chi connectivity index (χ3v) is 5.17. The molecule has 0 spiro atoms. The van der Waals surface area contributed by atoms with E-state index in [4.69, 9.17) is 9.47 Å². The van der Waals surface area contributed by atoms with Crippen LogP contribution in [0.15, 0.2) is 4.99 Å². The van der Waals surface area contributed by atoms with Gasteiger partial charge in [-0.25, -0.2) is 4.99 Å². The molecule has 1 rings (SSSR count). The standard InChI is InChI=1S/C17H34N4O3/c1-7-17(8-2)13(11-14(17)24-6)20-16(18-9-10-23-5)19-12-15(22)21(3)4/h13-14H,7-12H2,1-6H3,(H2,18,19,20). The molecule has 7 heteroatoms. The Labute approximate surface area is 146 Å². The molecular formula is C17H34N4O3. The van der Waals surface area contributed by atoms with Crippen LogP contribution >= 0.6 is 0 Å². The topological polar surface area (TPSA) is 75.2 Å². The molecule has 7 nitrogen and oxygen atoms in total. The number of rotatable bonds is 9. The van der Waals surface area contributed by atoms with Crippen molar-refractivity contribution in [3.8, 4) is 0 Å². The third-order valence-electron chi connectivity index (χ3n) is 5.17. The first-order valence-electron chi connectivity index (χ1n) is 8.71.